The van der Waals surface area contributed by atoms with E-state index in [0.29, 0.717) is 11.7 Å². The number of hydrogen-bond acceptors (Lipinski definition) is 2. The molecule has 3 aromatic rings. The lowest BCUT2D eigenvalue weighted by Gasteiger charge is -2.15. The molecule has 24 heavy (non-hydrogen) atoms. The molecule has 2 atom stereocenters. The Balaban J connectivity index is 1.57. The topological polar surface area (TPSA) is 48.0 Å². The van der Waals surface area contributed by atoms with Crippen LogP contribution in [-0.4, -0.2) is 10.1 Å². The van der Waals surface area contributed by atoms with Crippen molar-refractivity contribution in [3.63, 3.8) is 0 Å². The van der Waals surface area contributed by atoms with Gasteiger partial charge in [-0.05, 0) is 60.0 Å². The summed E-state index contributed by atoms with van der Waals surface area (Å²) in [6, 6.07) is 12.3. The fraction of sp³-hybridized carbons (Fsp3) is 0.300. The van der Waals surface area contributed by atoms with E-state index in [-0.39, 0.29) is 6.04 Å². The summed E-state index contributed by atoms with van der Waals surface area (Å²) in [5.74, 6) is 0.692. The third-order valence-corrected chi connectivity index (χ3v) is 5.35. The zero-order chi connectivity index (χ0) is 16.8. The van der Waals surface area contributed by atoms with Gasteiger partial charge >= 0.3 is 0 Å². The van der Waals surface area contributed by atoms with Crippen molar-refractivity contribution in [3.05, 3.63) is 63.8 Å². The number of rotatable bonds is 3. The molecule has 0 aliphatic heterocycles. The molecule has 0 radical (unpaired) electrons. The Labute approximate surface area is 146 Å². The quantitative estimate of drug-likeness (QED) is 0.615. The maximum atomic E-state index is 10.3. The second kappa shape index (κ2) is 5.83. The number of fused-ring (bicyclic) bond motifs is 2. The first-order valence-corrected chi connectivity index (χ1v) is 8.73. The van der Waals surface area contributed by atoms with E-state index < -0.39 is 0 Å². The van der Waals surface area contributed by atoms with Gasteiger partial charge in [0.2, 0.25) is 0 Å². The minimum absolute atomic E-state index is 0.134. The molecule has 2 aromatic carbocycles. The van der Waals surface area contributed by atoms with E-state index in [2.05, 4.69) is 48.4 Å². The predicted molar refractivity (Wildman–Crippen MR) is 98.8 cm³/mol. The fourth-order valence-corrected chi connectivity index (χ4v) is 4.26. The molecular formula is C20H21ClN2O. The summed E-state index contributed by atoms with van der Waals surface area (Å²) in [7, 11) is 0. The number of halogens is 1. The Kier molecular flexibility index (Phi) is 3.78. The van der Waals surface area contributed by atoms with Crippen molar-refractivity contribution in [2.45, 2.75) is 38.8 Å². The average Bonchev–Trinajstić information content (AvgIpc) is 3.08. The maximum Gasteiger partial charge on any atom is 0.120 e. The molecule has 2 unspecified atom stereocenters. The van der Waals surface area contributed by atoms with Crippen molar-refractivity contribution in [2.24, 2.45) is 0 Å². The number of phenolic OH excluding ortho intramolecular Hbond substituents is 1. The van der Waals surface area contributed by atoms with Crippen molar-refractivity contribution in [3.8, 4) is 5.75 Å². The Morgan fingerprint density at radius 3 is 2.88 bits per heavy atom. The lowest BCUT2D eigenvalue weighted by atomic mass is 10.0. The standard InChI is InChI=1S/C20H21ClN2O/c1-11-7-17(20-18(24)6-5-15(21)19(11)20)22-10-13-3-4-14-8-12(2)23-16(14)9-13/h3-6,8-9,11,17,22-24H,7,10H2,1-2H3. The zero-order valence-electron chi connectivity index (χ0n) is 13.9. The van der Waals surface area contributed by atoms with Crippen molar-refractivity contribution in [2.75, 3.05) is 0 Å². The van der Waals surface area contributed by atoms with Crippen LogP contribution >= 0.6 is 11.6 Å². The summed E-state index contributed by atoms with van der Waals surface area (Å²) in [6.45, 7) is 5.00. The minimum Gasteiger partial charge on any atom is -0.508 e. The maximum absolute atomic E-state index is 10.3. The number of hydrogen-bond donors (Lipinski definition) is 3. The molecule has 0 fully saturated rings. The van der Waals surface area contributed by atoms with Gasteiger partial charge in [0.25, 0.3) is 0 Å². The molecule has 1 aliphatic carbocycles. The third-order valence-electron chi connectivity index (χ3n) is 5.02. The van der Waals surface area contributed by atoms with Crippen molar-refractivity contribution < 1.29 is 5.11 Å². The van der Waals surface area contributed by atoms with Crippen LogP contribution in [0.1, 0.15) is 47.7 Å². The number of nitrogens with one attached hydrogen (secondary N) is 2. The lowest BCUT2D eigenvalue weighted by Crippen LogP contribution is -2.18. The van der Waals surface area contributed by atoms with Crippen LogP contribution in [-0.2, 0) is 6.54 Å². The van der Waals surface area contributed by atoms with Gasteiger partial charge in [0.1, 0.15) is 5.75 Å². The number of aromatic amines is 1. The van der Waals surface area contributed by atoms with Gasteiger partial charge < -0.3 is 15.4 Å². The van der Waals surface area contributed by atoms with Crippen molar-refractivity contribution >= 4 is 22.5 Å². The van der Waals surface area contributed by atoms with Gasteiger partial charge in [-0.1, -0.05) is 30.7 Å². The lowest BCUT2D eigenvalue weighted by molar-refractivity contribution is 0.445. The van der Waals surface area contributed by atoms with Crippen LogP contribution in [0.4, 0.5) is 0 Å². The number of phenols is 1. The SMILES string of the molecule is Cc1cc2ccc(CNC3CC(C)c4c(Cl)ccc(O)c43)cc2[nH]1. The molecule has 1 heterocycles. The molecule has 1 aromatic heterocycles. The molecule has 0 bridgehead atoms. The summed E-state index contributed by atoms with van der Waals surface area (Å²) in [5, 5.41) is 15.9. The first-order valence-electron chi connectivity index (χ1n) is 8.36. The highest BCUT2D eigenvalue weighted by Crippen LogP contribution is 2.47. The number of benzene rings is 2. The zero-order valence-corrected chi connectivity index (χ0v) is 14.6. The highest BCUT2D eigenvalue weighted by Gasteiger charge is 2.32. The van der Waals surface area contributed by atoms with Crippen LogP contribution in [0.2, 0.25) is 5.02 Å². The normalized spacial score (nSPS) is 19.8. The first-order chi connectivity index (χ1) is 11.5. The molecule has 0 saturated heterocycles. The molecule has 4 rings (SSSR count). The number of H-pyrrole nitrogens is 1. The largest absolute Gasteiger partial charge is 0.508 e. The Hall–Kier alpha value is -1.97. The summed E-state index contributed by atoms with van der Waals surface area (Å²) < 4.78 is 0. The van der Waals surface area contributed by atoms with Crippen LogP contribution < -0.4 is 5.32 Å². The number of aromatic hydroxyl groups is 1. The van der Waals surface area contributed by atoms with Gasteiger partial charge in [0, 0.05) is 34.4 Å². The van der Waals surface area contributed by atoms with Crippen molar-refractivity contribution in [1.29, 1.82) is 0 Å². The minimum atomic E-state index is 0.134. The predicted octanol–water partition coefficient (Wildman–Crippen LogP) is 5.17. The second-order valence-electron chi connectivity index (χ2n) is 6.84. The molecule has 1 aliphatic rings. The molecule has 4 heteroatoms. The van der Waals surface area contributed by atoms with Gasteiger partial charge in [-0.25, -0.2) is 0 Å². The summed E-state index contributed by atoms with van der Waals surface area (Å²) in [5.41, 5.74) is 5.62. The van der Waals surface area contributed by atoms with E-state index in [9.17, 15) is 5.11 Å². The molecule has 0 spiro atoms. The van der Waals surface area contributed by atoms with Gasteiger partial charge in [0.05, 0.1) is 0 Å². The van der Waals surface area contributed by atoms with Gasteiger partial charge in [-0.3, -0.25) is 0 Å². The molecule has 3 nitrogen and oxygen atoms in total. The van der Waals surface area contributed by atoms with Crippen LogP contribution in [0.15, 0.2) is 36.4 Å². The molecule has 0 amide bonds. The molecule has 124 valence electrons. The average molecular weight is 341 g/mol. The third kappa shape index (κ3) is 2.58. The first kappa shape index (κ1) is 15.6. The molecular weight excluding hydrogens is 320 g/mol. The van der Waals surface area contributed by atoms with Crippen LogP contribution in [0.5, 0.6) is 5.75 Å². The molecule has 0 saturated carbocycles. The van der Waals surface area contributed by atoms with Crippen LogP contribution in [0.25, 0.3) is 10.9 Å². The van der Waals surface area contributed by atoms with E-state index in [0.717, 1.165) is 34.6 Å². The highest BCUT2D eigenvalue weighted by molar-refractivity contribution is 6.31. The van der Waals surface area contributed by atoms with Crippen molar-refractivity contribution in [1.82, 2.24) is 10.3 Å². The van der Waals surface area contributed by atoms with Gasteiger partial charge in [-0.15, -0.1) is 0 Å². The number of aromatic nitrogens is 1. The Morgan fingerprint density at radius 1 is 1.21 bits per heavy atom. The van der Waals surface area contributed by atoms with E-state index >= 15 is 0 Å². The summed E-state index contributed by atoms with van der Waals surface area (Å²) in [4.78, 5) is 3.38. The summed E-state index contributed by atoms with van der Waals surface area (Å²) >= 11 is 6.34. The van der Waals surface area contributed by atoms with E-state index in [1.54, 1.807) is 12.1 Å². The second-order valence-corrected chi connectivity index (χ2v) is 7.25. The van der Waals surface area contributed by atoms with Crippen LogP contribution in [0, 0.1) is 6.92 Å². The van der Waals surface area contributed by atoms with E-state index in [1.165, 1.54) is 16.6 Å². The monoisotopic (exact) mass is 340 g/mol. The van der Waals surface area contributed by atoms with E-state index in [1.807, 2.05) is 0 Å². The number of aryl methyl sites for hydroxylation is 1. The van der Waals surface area contributed by atoms with Gasteiger partial charge in [0.15, 0.2) is 0 Å². The van der Waals surface area contributed by atoms with Crippen LogP contribution in [0.3, 0.4) is 0 Å². The highest BCUT2D eigenvalue weighted by atomic mass is 35.5. The fourth-order valence-electron chi connectivity index (χ4n) is 3.91. The van der Waals surface area contributed by atoms with Gasteiger partial charge in [-0.2, -0.15) is 0 Å². The Bertz CT molecular complexity index is 915. The summed E-state index contributed by atoms with van der Waals surface area (Å²) in [6.07, 6.45) is 0.955. The molecule has 3 N–H and O–H groups in total. The van der Waals surface area contributed by atoms with E-state index in [4.69, 9.17) is 11.6 Å². The Morgan fingerprint density at radius 2 is 2.04 bits per heavy atom. The smallest absolute Gasteiger partial charge is 0.120 e.